The molecular formula is C29H39N5O3S. The van der Waals surface area contributed by atoms with Crippen LogP contribution in [0.4, 0.5) is 11.4 Å². The Hall–Kier alpha value is -3.04. The standard InChI is InChI=1S/C29H39N5O3S/c1-19-8-6-9-20(2)33(19)14-4-3-5-15-34-24-17-23(32-18-26(35)36)12-13-25(24)38-27(29(34)37)21-10-7-11-22(16-21)28(30)31/h7,10-13,16-17,19-20,27,32H,3-6,8-9,14-15,18H2,1-2H3,(H3,30,31)(H,35,36)/t19-,20+,27?. The van der Waals surface area contributed by atoms with E-state index in [2.05, 4.69) is 24.1 Å². The van der Waals surface area contributed by atoms with Gasteiger partial charge in [-0.1, -0.05) is 31.0 Å². The van der Waals surface area contributed by atoms with E-state index in [1.165, 1.54) is 31.0 Å². The number of amidine groups is 1. The Bertz CT molecular complexity index is 1160. The number of aliphatic carboxylic acids is 1. The number of nitrogen functional groups attached to an aromatic ring is 1. The van der Waals surface area contributed by atoms with E-state index in [-0.39, 0.29) is 18.3 Å². The van der Waals surface area contributed by atoms with Gasteiger partial charge in [0.2, 0.25) is 5.91 Å². The predicted octanol–water partition coefficient (Wildman–Crippen LogP) is 5.08. The van der Waals surface area contributed by atoms with E-state index in [1.807, 2.05) is 41.3 Å². The minimum absolute atomic E-state index is 0.00291. The SMILES string of the molecule is C[C@@H]1CCC[C@H](C)N1CCCCCN1C(=O)C(c2cccc(C(=N)N)c2)Sc2ccc(NCC(=O)O)cc21. The van der Waals surface area contributed by atoms with Crippen molar-refractivity contribution in [2.75, 3.05) is 29.9 Å². The van der Waals surface area contributed by atoms with Crippen molar-refractivity contribution >= 4 is 40.8 Å². The number of carboxylic acid groups (broad SMARTS) is 1. The Morgan fingerprint density at radius 2 is 1.84 bits per heavy atom. The van der Waals surface area contributed by atoms with Crippen molar-refractivity contribution in [3.05, 3.63) is 53.6 Å². The molecule has 9 heteroatoms. The molecule has 8 nitrogen and oxygen atoms in total. The van der Waals surface area contributed by atoms with Crippen molar-refractivity contribution < 1.29 is 14.7 Å². The molecule has 2 aromatic rings. The molecule has 38 heavy (non-hydrogen) atoms. The van der Waals surface area contributed by atoms with Crippen LogP contribution in [-0.4, -0.2) is 59.4 Å². The van der Waals surface area contributed by atoms with Crippen LogP contribution in [0.5, 0.6) is 0 Å². The van der Waals surface area contributed by atoms with E-state index in [0.29, 0.717) is 29.9 Å². The van der Waals surface area contributed by atoms with Gasteiger partial charge in [0.15, 0.2) is 0 Å². The quantitative estimate of drug-likeness (QED) is 0.179. The number of nitrogens with zero attached hydrogens (tertiary/aromatic N) is 2. The van der Waals surface area contributed by atoms with Crippen molar-refractivity contribution in [1.29, 1.82) is 5.41 Å². The van der Waals surface area contributed by atoms with Crippen LogP contribution in [-0.2, 0) is 9.59 Å². The van der Waals surface area contributed by atoms with Crippen LogP contribution in [0.15, 0.2) is 47.4 Å². The van der Waals surface area contributed by atoms with Gasteiger partial charge >= 0.3 is 5.97 Å². The average molecular weight is 538 g/mol. The number of carbonyl (C=O) groups excluding carboxylic acids is 1. The largest absolute Gasteiger partial charge is 0.480 e. The van der Waals surface area contributed by atoms with Crippen LogP contribution < -0.4 is 16.0 Å². The van der Waals surface area contributed by atoms with E-state index >= 15 is 0 Å². The van der Waals surface area contributed by atoms with Crippen molar-refractivity contribution in [2.24, 2.45) is 5.73 Å². The van der Waals surface area contributed by atoms with Gasteiger partial charge in [-0.05, 0) is 75.9 Å². The molecule has 0 spiro atoms. The van der Waals surface area contributed by atoms with Gasteiger partial charge in [0.25, 0.3) is 0 Å². The molecule has 1 saturated heterocycles. The van der Waals surface area contributed by atoms with E-state index in [0.717, 1.165) is 42.0 Å². The number of amides is 1. The van der Waals surface area contributed by atoms with Crippen molar-refractivity contribution in [3.8, 4) is 0 Å². The molecule has 4 rings (SSSR count). The molecule has 0 aliphatic carbocycles. The molecule has 0 radical (unpaired) electrons. The molecule has 1 fully saturated rings. The molecule has 2 heterocycles. The van der Waals surface area contributed by atoms with Crippen molar-refractivity contribution in [1.82, 2.24) is 4.90 Å². The maximum absolute atomic E-state index is 13.8. The lowest BCUT2D eigenvalue weighted by Gasteiger charge is -2.39. The molecule has 2 aromatic carbocycles. The fraction of sp³-hybridized carbons (Fsp3) is 0.483. The highest BCUT2D eigenvalue weighted by Crippen LogP contribution is 2.47. The summed E-state index contributed by atoms with van der Waals surface area (Å²) < 4.78 is 0. The zero-order valence-corrected chi connectivity index (χ0v) is 23.1. The number of carbonyl (C=O) groups is 2. The Labute approximate surface area is 229 Å². The summed E-state index contributed by atoms with van der Waals surface area (Å²) in [6.07, 6.45) is 6.87. The number of nitrogens with one attached hydrogen (secondary N) is 2. The maximum atomic E-state index is 13.8. The van der Waals surface area contributed by atoms with Crippen LogP contribution in [0, 0.1) is 5.41 Å². The topological polar surface area (TPSA) is 123 Å². The summed E-state index contributed by atoms with van der Waals surface area (Å²) >= 11 is 1.49. The summed E-state index contributed by atoms with van der Waals surface area (Å²) in [7, 11) is 0. The first-order chi connectivity index (χ1) is 18.2. The lowest BCUT2D eigenvalue weighted by atomic mass is 9.97. The second-order valence-corrected chi connectivity index (χ2v) is 11.5. The highest BCUT2D eigenvalue weighted by molar-refractivity contribution is 8.00. The molecule has 204 valence electrons. The predicted molar refractivity (Wildman–Crippen MR) is 154 cm³/mol. The van der Waals surface area contributed by atoms with Crippen LogP contribution in [0.2, 0.25) is 0 Å². The van der Waals surface area contributed by atoms with Gasteiger partial charge in [0.05, 0.1) is 5.69 Å². The number of hydrogen-bond donors (Lipinski definition) is 4. The highest BCUT2D eigenvalue weighted by atomic mass is 32.2. The van der Waals surface area contributed by atoms with Gasteiger partial charge in [-0.15, -0.1) is 11.8 Å². The number of nitrogens with two attached hydrogens (primary N) is 1. The average Bonchev–Trinajstić information content (AvgIpc) is 2.89. The van der Waals surface area contributed by atoms with Crippen LogP contribution in [0.1, 0.15) is 68.7 Å². The van der Waals surface area contributed by atoms with Crippen molar-refractivity contribution in [3.63, 3.8) is 0 Å². The normalized spacial score (nSPS) is 21.7. The number of hydrogen-bond acceptors (Lipinski definition) is 6. The van der Waals surface area contributed by atoms with Crippen molar-refractivity contribution in [2.45, 2.75) is 74.6 Å². The monoisotopic (exact) mass is 537 g/mol. The third kappa shape index (κ3) is 6.69. The number of benzene rings is 2. The molecule has 0 aromatic heterocycles. The van der Waals surface area contributed by atoms with Crippen LogP contribution in [0.25, 0.3) is 0 Å². The Kier molecular flexibility index (Phi) is 9.33. The first-order valence-corrected chi connectivity index (χ1v) is 14.4. The number of fused-ring (bicyclic) bond motifs is 1. The third-order valence-electron chi connectivity index (χ3n) is 7.60. The zero-order valence-electron chi connectivity index (χ0n) is 22.3. The van der Waals surface area contributed by atoms with Gasteiger partial charge in [-0.2, -0.15) is 0 Å². The lowest BCUT2D eigenvalue weighted by Crippen LogP contribution is -2.44. The first kappa shape index (κ1) is 28.0. The second-order valence-electron chi connectivity index (χ2n) is 10.4. The Morgan fingerprint density at radius 3 is 2.55 bits per heavy atom. The fourth-order valence-corrected chi connectivity index (χ4v) is 6.72. The van der Waals surface area contributed by atoms with Crippen LogP contribution >= 0.6 is 11.8 Å². The molecular weight excluding hydrogens is 498 g/mol. The molecule has 0 bridgehead atoms. The number of rotatable bonds is 11. The minimum Gasteiger partial charge on any atom is -0.480 e. The van der Waals surface area contributed by atoms with E-state index in [9.17, 15) is 9.59 Å². The summed E-state index contributed by atoms with van der Waals surface area (Å²) in [4.78, 5) is 30.3. The maximum Gasteiger partial charge on any atom is 0.322 e. The third-order valence-corrected chi connectivity index (χ3v) is 8.91. The summed E-state index contributed by atoms with van der Waals surface area (Å²) in [6.45, 7) is 6.16. The Balaban J connectivity index is 1.49. The summed E-state index contributed by atoms with van der Waals surface area (Å²) in [5, 5.41) is 19.4. The highest BCUT2D eigenvalue weighted by Gasteiger charge is 2.35. The fourth-order valence-electron chi connectivity index (χ4n) is 5.52. The summed E-state index contributed by atoms with van der Waals surface area (Å²) in [5.74, 6) is -0.964. The van der Waals surface area contributed by atoms with E-state index in [1.54, 1.807) is 6.07 Å². The number of thioether (sulfide) groups is 1. The number of anilines is 2. The molecule has 1 amide bonds. The number of piperidine rings is 1. The molecule has 2 aliphatic rings. The van der Waals surface area contributed by atoms with E-state index in [4.69, 9.17) is 16.2 Å². The summed E-state index contributed by atoms with van der Waals surface area (Å²) in [5.41, 5.74) is 8.62. The minimum atomic E-state index is -0.937. The van der Waals surface area contributed by atoms with Crippen LogP contribution in [0.3, 0.4) is 0 Å². The van der Waals surface area contributed by atoms with E-state index < -0.39 is 11.2 Å². The smallest absolute Gasteiger partial charge is 0.322 e. The zero-order chi connectivity index (χ0) is 27.2. The lowest BCUT2D eigenvalue weighted by molar-refractivity contribution is -0.135. The molecule has 0 saturated carbocycles. The number of likely N-dealkylation sites (tertiary alicyclic amines) is 1. The molecule has 2 aliphatic heterocycles. The van der Waals surface area contributed by atoms with Gasteiger partial charge < -0.3 is 21.1 Å². The van der Waals surface area contributed by atoms with Gasteiger partial charge in [-0.3, -0.25) is 19.9 Å². The Morgan fingerprint density at radius 1 is 1.11 bits per heavy atom. The van der Waals surface area contributed by atoms with Gasteiger partial charge in [0.1, 0.15) is 17.6 Å². The van der Waals surface area contributed by atoms with Gasteiger partial charge in [-0.25, -0.2) is 0 Å². The molecule has 5 N–H and O–H groups in total. The number of unbranched alkanes of at least 4 members (excludes halogenated alkanes) is 2. The first-order valence-electron chi connectivity index (χ1n) is 13.5. The number of carboxylic acids is 1. The summed E-state index contributed by atoms with van der Waals surface area (Å²) in [6, 6.07) is 14.3. The molecule has 1 unspecified atom stereocenters. The molecule has 3 atom stereocenters. The van der Waals surface area contributed by atoms with Gasteiger partial charge in [0, 0.05) is 34.8 Å². The second kappa shape index (κ2) is 12.7.